The van der Waals surface area contributed by atoms with Crippen molar-refractivity contribution in [2.45, 2.75) is 26.2 Å². The van der Waals surface area contributed by atoms with Crippen LogP contribution in [0.25, 0.3) is 0 Å². The lowest BCUT2D eigenvalue weighted by Crippen LogP contribution is -2.09. The number of hydrogen-bond acceptors (Lipinski definition) is 3. The van der Waals surface area contributed by atoms with E-state index in [0.717, 1.165) is 17.7 Å². The Morgan fingerprint density at radius 1 is 1.25 bits per heavy atom. The monoisotopic (exact) mass is 286 g/mol. The van der Waals surface area contributed by atoms with Gasteiger partial charge in [0.25, 0.3) is 0 Å². The van der Waals surface area contributed by atoms with Crippen LogP contribution in [0.3, 0.4) is 0 Å². The predicted octanol–water partition coefficient (Wildman–Crippen LogP) is 4.02. The van der Waals surface area contributed by atoms with Gasteiger partial charge in [-0.2, -0.15) is 0 Å². The highest BCUT2D eigenvalue weighted by Gasteiger charge is 2.04. The maximum atomic E-state index is 5.69. The Labute approximate surface area is 124 Å². The van der Waals surface area contributed by atoms with Crippen LogP contribution in [0.2, 0.25) is 0 Å². The molecule has 1 atom stereocenters. The van der Waals surface area contributed by atoms with Gasteiger partial charge in [0.1, 0.15) is 10.7 Å². The van der Waals surface area contributed by atoms with Crippen LogP contribution in [-0.2, 0) is 0 Å². The number of nitrogens with zero attached hydrogens (tertiary/aromatic N) is 1. The fourth-order valence-electron chi connectivity index (χ4n) is 1.81. The van der Waals surface area contributed by atoms with Crippen LogP contribution in [0.15, 0.2) is 42.6 Å². The smallest absolute Gasteiger partial charge is 0.219 e. The van der Waals surface area contributed by atoms with Gasteiger partial charge in [0.15, 0.2) is 0 Å². The van der Waals surface area contributed by atoms with Crippen molar-refractivity contribution in [1.29, 1.82) is 0 Å². The molecule has 2 N–H and O–H groups in total. The van der Waals surface area contributed by atoms with E-state index in [0.29, 0.717) is 16.8 Å². The minimum Gasteiger partial charge on any atom is -0.439 e. The molecule has 0 aliphatic heterocycles. The van der Waals surface area contributed by atoms with Crippen LogP contribution < -0.4 is 10.5 Å². The van der Waals surface area contributed by atoms with Gasteiger partial charge in [0.2, 0.25) is 5.88 Å². The van der Waals surface area contributed by atoms with Crippen LogP contribution in [0.5, 0.6) is 11.6 Å². The van der Waals surface area contributed by atoms with Gasteiger partial charge in [-0.25, -0.2) is 4.98 Å². The van der Waals surface area contributed by atoms with Gasteiger partial charge in [-0.1, -0.05) is 38.2 Å². The summed E-state index contributed by atoms with van der Waals surface area (Å²) < 4.78 is 5.69. The lowest BCUT2D eigenvalue weighted by Gasteiger charge is -2.10. The van der Waals surface area contributed by atoms with Crippen LogP contribution in [0, 0.1) is 0 Å². The molecule has 20 heavy (non-hydrogen) atoms. The first-order valence-electron chi connectivity index (χ1n) is 6.63. The molecule has 0 amide bonds. The first-order chi connectivity index (χ1) is 9.60. The molecular weight excluding hydrogens is 268 g/mol. The molecular formula is C16H18N2OS. The zero-order valence-electron chi connectivity index (χ0n) is 11.7. The maximum absolute atomic E-state index is 5.69. The van der Waals surface area contributed by atoms with Gasteiger partial charge in [-0.05, 0) is 36.1 Å². The topological polar surface area (TPSA) is 48.1 Å². The third kappa shape index (κ3) is 3.54. The van der Waals surface area contributed by atoms with Gasteiger partial charge in [-0.15, -0.1) is 0 Å². The number of benzene rings is 1. The van der Waals surface area contributed by atoms with Crippen LogP contribution in [0.4, 0.5) is 0 Å². The highest BCUT2D eigenvalue weighted by atomic mass is 32.1. The SMILES string of the molecule is CCC(C)c1ccc(Oc2ccc(C(N)=S)cn2)cc1. The largest absolute Gasteiger partial charge is 0.439 e. The number of nitrogens with two attached hydrogens (primary N) is 1. The van der Waals surface area contributed by atoms with E-state index in [1.54, 1.807) is 18.3 Å². The van der Waals surface area contributed by atoms with E-state index in [4.69, 9.17) is 22.7 Å². The summed E-state index contributed by atoms with van der Waals surface area (Å²) in [5, 5.41) is 0. The Kier molecular flexibility index (Phi) is 4.69. The number of aromatic nitrogens is 1. The third-order valence-corrected chi connectivity index (χ3v) is 3.54. The molecule has 1 unspecified atom stereocenters. The summed E-state index contributed by atoms with van der Waals surface area (Å²) in [6.07, 6.45) is 2.74. The van der Waals surface area contributed by atoms with Crippen molar-refractivity contribution in [3.63, 3.8) is 0 Å². The Morgan fingerprint density at radius 3 is 2.45 bits per heavy atom. The molecule has 3 nitrogen and oxygen atoms in total. The number of pyridine rings is 1. The van der Waals surface area contributed by atoms with Crippen molar-refractivity contribution in [2.24, 2.45) is 5.73 Å². The van der Waals surface area contributed by atoms with E-state index in [1.165, 1.54) is 5.56 Å². The summed E-state index contributed by atoms with van der Waals surface area (Å²) in [7, 11) is 0. The van der Waals surface area contributed by atoms with E-state index < -0.39 is 0 Å². The summed E-state index contributed by atoms with van der Waals surface area (Å²) in [6, 6.07) is 11.7. The van der Waals surface area contributed by atoms with Crippen molar-refractivity contribution in [3.05, 3.63) is 53.7 Å². The van der Waals surface area contributed by atoms with Crippen LogP contribution >= 0.6 is 12.2 Å². The zero-order valence-corrected chi connectivity index (χ0v) is 12.5. The summed E-state index contributed by atoms with van der Waals surface area (Å²) in [6.45, 7) is 4.40. The van der Waals surface area contributed by atoms with Crippen molar-refractivity contribution in [3.8, 4) is 11.6 Å². The quantitative estimate of drug-likeness (QED) is 0.843. The molecule has 0 saturated carbocycles. The Bertz CT molecular complexity index is 578. The number of thiocarbonyl (C=S) groups is 1. The zero-order chi connectivity index (χ0) is 14.5. The second-order valence-corrected chi connectivity index (χ2v) is 5.17. The Morgan fingerprint density at radius 2 is 1.95 bits per heavy atom. The molecule has 0 aliphatic carbocycles. The van der Waals surface area contributed by atoms with Gasteiger partial charge in [0, 0.05) is 17.8 Å². The molecule has 104 valence electrons. The Balaban J connectivity index is 2.08. The molecule has 2 aromatic rings. The molecule has 2 rings (SSSR count). The molecule has 0 aliphatic rings. The van der Waals surface area contributed by atoms with Gasteiger partial charge < -0.3 is 10.5 Å². The molecule has 4 heteroatoms. The summed E-state index contributed by atoms with van der Waals surface area (Å²) in [4.78, 5) is 4.51. The first kappa shape index (κ1) is 14.5. The normalized spacial score (nSPS) is 11.9. The highest BCUT2D eigenvalue weighted by Crippen LogP contribution is 2.24. The van der Waals surface area contributed by atoms with E-state index in [1.807, 2.05) is 12.1 Å². The van der Waals surface area contributed by atoms with E-state index in [-0.39, 0.29) is 0 Å². The standard InChI is InChI=1S/C16H18N2OS/c1-3-11(2)12-4-7-14(8-5-12)19-15-9-6-13(10-18-15)16(17)20/h4-11H,3H2,1-2H3,(H2,17,20). The molecule has 0 fully saturated rings. The molecule has 0 spiro atoms. The molecule has 1 aromatic carbocycles. The van der Waals surface area contributed by atoms with E-state index in [2.05, 4.69) is 31.0 Å². The molecule has 0 bridgehead atoms. The van der Waals surface area contributed by atoms with Crippen molar-refractivity contribution in [2.75, 3.05) is 0 Å². The average molecular weight is 286 g/mol. The summed E-state index contributed by atoms with van der Waals surface area (Å²) in [5.74, 6) is 1.86. The predicted molar refractivity (Wildman–Crippen MR) is 85.3 cm³/mol. The summed E-state index contributed by atoms with van der Waals surface area (Å²) >= 11 is 4.88. The minimum absolute atomic E-state index is 0.335. The molecule has 0 radical (unpaired) electrons. The maximum Gasteiger partial charge on any atom is 0.219 e. The second-order valence-electron chi connectivity index (χ2n) is 4.73. The minimum atomic E-state index is 0.335. The molecule has 1 aromatic heterocycles. The number of ether oxygens (including phenoxy) is 1. The van der Waals surface area contributed by atoms with E-state index >= 15 is 0 Å². The van der Waals surface area contributed by atoms with Gasteiger partial charge in [-0.3, -0.25) is 0 Å². The lowest BCUT2D eigenvalue weighted by molar-refractivity contribution is 0.462. The van der Waals surface area contributed by atoms with Crippen LogP contribution in [-0.4, -0.2) is 9.97 Å². The fraction of sp³-hybridized carbons (Fsp3) is 0.250. The van der Waals surface area contributed by atoms with Gasteiger partial charge in [0.05, 0.1) is 0 Å². The number of hydrogen-bond donors (Lipinski definition) is 1. The van der Waals surface area contributed by atoms with E-state index in [9.17, 15) is 0 Å². The lowest BCUT2D eigenvalue weighted by atomic mass is 9.99. The number of rotatable bonds is 5. The molecule has 0 saturated heterocycles. The average Bonchev–Trinajstić information content (AvgIpc) is 2.48. The Hall–Kier alpha value is -1.94. The third-order valence-electron chi connectivity index (χ3n) is 3.30. The van der Waals surface area contributed by atoms with Crippen molar-refractivity contribution in [1.82, 2.24) is 4.98 Å². The summed E-state index contributed by atoms with van der Waals surface area (Å²) in [5.41, 5.74) is 7.58. The fourth-order valence-corrected chi connectivity index (χ4v) is 1.93. The van der Waals surface area contributed by atoms with Crippen LogP contribution in [0.1, 0.15) is 37.3 Å². The second kappa shape index (κ2) is 6.48. The van der Waals surface area contributed by atoms with Crippen molar-refractivity contribution < 1.29 is 4.74 Å². The highest BCUT2D eigenvalue weighted by molar-refractivity contribution is 7.80. The first-order valence-corrected chi connectivity index (χ1v) is 7.04. The van der Waals surface area contributed by atoms with Crippen molar-refractivity contribution >= 4 is 17.2 Å². The molecule has 1 heterocycles. The van der Waals surface area contributed by atoms with Gasteiger partial charge >= 0.3 is 0 Å².